The summed E-state index contributed by atoms with van der Waals surface area (Å²) in [5.41, 5.74) is 6.62. The van der Waals surface area contributed by atoms with Gasteiger partial charge in [0.2, 0.25) is 0 Å². The summed E-state index contributed by atoms with van der Waals surface area (Å²) >= 11 is 3.36. The third-order valence-corrected chi connectivity index (χ3v) is 1.86. The molecule has 0 unspecified atom stereocenters. The van der Waals surface area contributed by atoms with Crippen molar-refractivity contribution in [1.29, 1.82) is 0 Å². The number of pyridine rings is 1. The number of rotatable bonds is 3. The molecule has 0 bridgehead atoms. The predicted octanol–water partition coefficient (Wildman–Crippen LogP) is 1.74. The Morgan fingerprint density at radius 1 is 1.45 bits per heavy atom. The molecule has 1 aromatic rings. The Morgan fingerprint density at radius 2 is 2.27 bits per heavy atom. The number of aryl methyl sites for hydroxylation is 1. The Morgan fingerprint density at radius 3 is 2.91 bits per heavy atom. The summed E-state index contributed by atoms with van der Waals surface area (Å²) in [6, 6.07) is 2.07. The first-order valence-corrected chi connectivity index (χ1v) is 4.41. The molecule has 11 heavy (non-hydrogen) atoms. The summed E-state index contributed by atoms with van der Waals surface area (Å²) in [4.78, 5) is 4.05. The molecule has 0 saturated carbocycles. The van der Waals surface area contributed by atoms with Crippen molar-refractivity contribution in [3.8, 4) is 0 Å². The second kappa shape index (κ2) is 4.46. The number of aromatic nitrogens is 1. The van der Waals surface area contributed by atoms with E-state index in [0.29, 0.717) is 0 Å². The fourth-order valence-electron chi connectivity index (χ4n) is 0.899. The van der Waals surface area contributed by atoms with Gasteiger partial charge in [0.15, 0.2) is 0 Å². The van der Waals surface area contributed by atoms with E-state index in [9.17, 15) is 0 Å². The zero-order chi connectivity index (χ0) is 8.10. The summed E-state index contributed by atoms with van der Waals surface area (Å²) in [7, 11) is 0. The number of hydrogen-bond acceptors (Lipinski definition) is 2. The Bertz CT molecular complexity index is 225. The number of halogens is 1. The monoisotopic (exact) mass is 214 g/mol. The maximum Gasteiger partial charge on any atom is 0.0410 e. The van der Waals surface area contributed by atoms with Gasteiger partial charge in [-0.05, 0) is 46.9 Å². The van der Waals surface area contributed by atoms with Gasteiger partial charge in [0.1, 0.15) is 0 Å². The average molecular weight is 215 g/mol. The van der Waals surface area contributed by atoms with Crippen molar-refractivity contribution in [3.63, 3.8) is 0 Å². The molecule has 0 aliphatic heterocycles. The molecule has 1 aromatic heterocycles. The Kier molecular flexibility index (Phi) is 3.52. The van der Waals surface area contributed by atoms with Crippen LogP contribution in [0.25, 0.3) is 0 Å². The van der Waals surface area contributed by atoms with Crippen LogP contribution in [0.15, 0.2) is 22.9 Å². The van der Waals surface area contributed by atoms with E-state index in [0.717, 1.165) is 23.9 Å². The minimum Gasteiger partial charge on any atom is -0.330 e. The van der Waals surface area contributed by atoms with E-state index in [1.807, 2.05) is 6.20 Å². The first-order valence-electron chi connectivity index (χ1n) is 3.62. The van der Waals surface area contributed by atoms with E-state index in [2.05, 4.69) is 27.0 Å². The van der Waals surface area contributed by atoms with Crippen LogP contribution in [0.1, 0.15) is 12.0 Å². The van der Waals surface area contributed by atoms with Crippen molar-refractivity contribution in [2.75, 3.05) is 6.54 Å². The van der Waals surface area contributed by atoms with E-state index in [1.54, 1.807) is 6.20 Å². The van der Waals surface area contributed by atoms with Gasteiger partial charge in [0, 0.05) is 16.9 Å². The number of nitrogens with two attached hydrogens (primary N) is 1. The highest BCUT2D eigenvalue weighted by atomic mass is 79.9. The van der Waals surface area contributed by atoms with E-state index >= 15 is 0 Å². The zero-order valence-corrected chi connectivity index (χ0v) is 7.84. The normalized spacial score (nSPS) is 10.0. The Labute approximate surface area is 75.0 Å². The summed E-state index contributed by atoms with van der Waals surface area (Å²) in [5, 5.41) is 0. The van der Waals surface area contributed by atoms with Crippen LogP contribution in [0.3, 0.4) is 0 Å². The quantitative estimate of drug-likeness (QED) is 0.833. The van der Waals surface area contributed by atoms with Crippen molar-refractivity contribution in [2.24, 2.45) is 5.73 Å². The van der Waals surface area contributed by atoms with Gasteiger partial charge in [-0.25, -0.2) is 0 Å². The molecule has 0 atom stereocenters. The molecule has 2 N–H and O–H groups in total. The molecule has 0 amide bonds. The predicted molar refractivity (Wildman–Crippen MR) is 49.3 cm³/mol. The highest BCUT2D eigenvalue weighted by Gasteiger charge is 1.92. The Balaban J connectivity index is 2.56. The van der Waals surface area contributed by atoms with Crippen molar-refractivity contribution < 1.29 is 0 Å². The molecule has 1 rings (SSSR count). The van der Waals surface area contributed by atoms with Gasteiger partial charge in [-0.3, -0.25) is 4.98 Å². The minimum atomic E-state index is 0.743. The van der Waals surface area contributed by atoms with E-state index in [4.69, 9.17) is 5.73 Å². The molecule has 60 valence electrons. The van der Waals surface area contributed by atoms with E-state index < -0.39 is 0 Å². The second-order valence-electron chi connectivity index (χ2n) is 2.40. The largest absolute Gasteiger partial charge is 0.330 e. The smallest absolute Gasteiger partial charge is 0.0410 e. The van der Waals surface area contributed by atoms with Crippen LogP contribution in [-0.2, 0) is 6.42 Å². The van der Waals surface area contributed by atoms with Crippen molar-refractivity contribution in [1.82, 2.24) is 4.98 Å². The van der Waals surface area contributed by atoms with Crippen molar-refractivity contribution in [2.45, 2.75) is 12.8 Å². The van der Waals surface area contributed by atoms with Crippen LogP contribution in [0, 0.1) is 0 Å². The summed E-state index contributed by atoms with van der Waals surface area (Å²) in [6.07, 6.45) is 5.70. The molecule has 0 aromatic carbocycles. The van der Waals surface area contributed by atoms with Crippen LogP contribution in [0.5, 0.6) is 0 Å². The maximum absolute atomic E-state index is 5.38. The fourth-order valence-corrected chi connectivity index (χ4v) is 1.31. The first kappa shape index (κ1) is 8.68. The zero-order valence-electron chi connectivity index (χ0n) is 6.26. The molecule has 0 aliphatic rings. The topological polar surface area (TPSA) is 38.9 Å². The molecule has 0 radical (unpaired) electrons. The number of nitrogens with zero attached hydrogens (tertiary/aromatic N) is 1. The minimum absolute atomic E-state index is 0.743. The maximum atomic E-state index is 5.38. The van der Waals surface area contributed by atoms with Crippen LogP contribution in [-0.4, -0.2) is 11.5 Å². The Hall–Kier alpha value is -0.410. The molecule has 0 spiro atoms. The molecule has 1 heterocycles. The number of hydrogen-bond donors (Lipinski definition) is 1. The first-order chi connectivity index (χ1) is 5.33. The van der Waals surface area contributed by atoms with Crippen LogP contribution < -0.4 is 5.73 Å². The second-order valence-corrected chi connectivity index (χ2v) is 3.32. The molecule has 0 saturated heterocycles. The van der Waals surface area contributed by atoms with Crippen molar-refractivity contribution in [3.05, 3.63) is 28.5 Å². The fraction of sp³-hybridized carbons (Fsp3) is 0.375. The highest BCUT2D eigenvalue weighted by Crippen LogP contribution is 2.10. The van der Waals surface area contributed by atoms with E-state index in [-0.39, 0.29) is 0 Å². The van der Waals surface area contributed by atoms with Gasteiger partial charge >= 0.3 is 0 Å². The summed E-state index contributed by atoms with van der Waals surface area (Å²) < 4.78 is 1.03. The van der Waals surface area contributed by atoms with Gasteiger partial charge in [-0.15, -0.1) is 0 Å². The van der Waals surface area contributed by atoms with Gasteiger partial charge < -0.3 is 5.73 Å². The van der Waals surface area contributed by atoms with Crippen LogP contribution in [0.4, 0.5) is 0 Å². The third kappa shape index (κ3) is 2.99. The summed E-state index contributed by atoms with van der Waals surface area (Å²) in [5.74, 6) is 0. The third-order valence-electron chi connectivity index (χ3n) is 1.43. The highest BCUT2D eigenvalue weighted by molar-refractivity contribution is 9.10. The van der Waals surface area contributed by atoms with Gasteiger partial charge in [0.05, 0.1) is 0 Å². The van der Waals surface area contributed by atoms with E-state index in [1.165, 1.54) is 5.56 Å². The van der Waals surface area contributed by atoms with Crippen LogP contribution >= 0.6 is 15.9 Å². The summed E-state index contributed by atoms with van der Waals surface area (Å²) in [6.45, 7) is 0.743. The molecule has 3 heteroatoms. The SMILES string of the molecule is NCCCc1cncc(Br)c1. The van der Waals surface area contributed by atoms with Gasteiger partial charge in [-0.2, -0.15) is 0 Å². The van der Waals surface area contributed by atoms with Gasteiger partial charge in [0.25, 0.3) is 0 Å². The standard InChI is InChI=1S/C8H11BrN2/c9-8-4-7(2-1-3-10)5-11-6-8/h4-6H,1-3,10H2. The van der Waals surface area contributed by atoms with Crippen molar-refractivity contribution >= 4 is 15.9 Å². The lowest BCUT2D eigenvalue weighted by atomic mass is 10.2. The van der Waals surface area contributed by atoms with Crippen LogP contribution in [0.2, 0.25) is 0 Å². The molecular formula is C8H11BrN2. The molecule has 0 fully saturated rings. The lowest BCUT2D eigenvalue weighted by Crippen LogP contribution is -2.00. The lowest BCUT2D eigenvalue weighted by molar-refractivity contribution is 0.828. The molecular weight excluding hydrogens is 204 g/mol. The average Bonchev–Trinajstić information content (AvgIpc) is 2.01. The lowest BCUT2D eigenvalue weighted by Gasteiger charge is -1.98. The molecule has 0 aliphatic carbocycles. The van der Waals surface area contributed by atoms with Gasteiger partial charge in [-0.1, -0.05) is 0 Å². The molecule has 2 nitrogen and oxygen atoms in total.